The molecule has 1 unspecified atom stereocenters. The molecule has 2 aliphatic heterocycles. The van der Waals surface area contributed by atoms with Crippen LogP contribution in [0.1, 0.15) is 26.3 Å². The number of halogens is 1. The molecule has 1 amide bonds. The number of amides is 1. The largest absolute Gasteiger partial charge is 0.444 e. The second-order valence-corrected chi connectivity index (χ2v) is 7.64. The molecule has 1 atom stereocenters. The standard InChI is InChI=1S/C17H28N6O2.HI/c1-17(2,3)25-16(24)22-7-8-23-14(12-22)10-19-15(23)18-6-5-13-9-20-21(4)11-13;/h9,11,14H,5-8,10,12H2,1-4H3,(H,18,19);1H. The molecule has 146 valence electrons. The summed E-state index contributed by atoms with van der Waals surface area (Å²) in [6.07, 6.45) is 4.60. The maximum atomic E-state index is 12.2. The Balaban J connectivity index is 0.00000243. The molecule has 0 spiro atoms. The number of piperazine rings is 1. The van der Waals surface area contributed by atoms with E-state index in [9.17, 15) is 4.79 Å². The first-order chi connectivity index (χ1) is 11.8. The molecule has 2 aliphatic rings. The summed E-state index contributed by atoms with van der Waals surface area (Å²) in [5, 5.41) is 7.61. The Bertz CT molecular complexity index is 654. The van der Waals surface area contributed by atoms with Gasteiger partial charge in [0.25, 0.3) is 0 Å². The highest BCUT2D eigenvalue weighted by Gasteiger charge is 2.36. The number of aryl methyl sites for hydroxylation is 1. The molecule has 0 aliphatic carbocycles. The minimum atomic E-state index is -0.459. The molecule has 1 saturated heterocycles. The highest BCUT2D eigenvalue weighted by Crippen LogP contribution is 2.18. The Labute approximate surface area is 172 Å². The lowest BCUT2D eigenvalue weighted by Crippen LogP contribution is -2.57. The fourth-order valence-corrected chi connectivity index (χ4v) is 3.14. The Hall–Kier alpha value is -1.52. The average molecular weight is 476 g/mol. The van der Waals surface area contributed by atoms with Crippen LogP contribution in [0.4, 0.5) is 4.79 Å². The number of carbonyl (C=O) groups excluding carboxylic acids is 1. The fourth-order valence-electron chi connectivity index (χ4n) is 3.14. The van der Waals surface area contributed by atoms with Crippen molar-refractivity contribution >= 4 is 36.0 Å². The number of hydrogen-bond donors (Lipinski definition) is 1. The Kier molecular flexibility index (Phi) is 6.75. The van der Waals surface area contributed by atoms with Gasteiger partial charge in [0, 0.05) is 39.4 Å². The van der Waals surface area contributed by atoms with Crippen LogP contribution >= 0.6 is 24.0 Å². The summed E-state index contributed by atoms with van der Waals surface area (Å²) < 4.78 is 7.29. The summed E-state index contributed by atoms with van der Waals surface area (Å²) in [4.78, 5) is 20.9. The molecule has 1 aromatic rings. The zero-order chi connectivity index (χ0) is 18.0. The maximum Gasteiger partial charge on any atom is 0.410 e. The van der Waals surface area contributed by atoms with Crippen molar-refractivity contribution in [2.24, 2.45) is 12.0 Å². The maximum absolute atomic E-state index is 12.2. The highest BCUT2D eigenvalue weighted by molar-refractivity contribution is 14.0. The molecule has 8 nitrogen and oxygen atoms in total. The average Bonchev–Trinajstić information content (AvgIpc) is 3.12. The lowest BCUT2D eigenvalue weighted by Gasteiger charge is -2.39. The monoisotopic (exact) mass is 476 g/mol. The first kappa shape index (κ1) is 20.8. The van der Waals surface area contributed by atoms with Crippen LogP contribution in [0.3, 0.4) is 0 Å². The van der Waals surface area contributed by atoms with E-state index >= 15 is 0 Å². The second kappa shape index (κ2) is 8.45. The first-order valence-electron chi connectivity index (χ1n) is 8.82. The third-order valence-corrected chi connectivity index (χ3v) is 4.31. The predicted octanol–water partition coefficient (Wildman–Crippen LogP) is 1.46. The number of nitrogens with one attached hydrogen (secondary N) is 1. The Morgan fingerprint density at radius 2 is 2.15 bits per heavy atom. The lowest BCUT2D eigenvalue weighted by atomic mass is 10.2. The van der Waals surface area contributed by atoms with Crippen LogP contribution in [0.2, 0.25) is 0 Å². The Morgan fingerprint density at radius 1 is 1.38 bits per heavy atom. The fraction of sp³-hybridized carbons (Fsp3) is 0.706. The van der Waals surface area contributed by atoms with Crippen molar-refractivity contribution < 1.29 is 9.53 Å². The van der Waals surface area contributed by atoms with Gasteiger partial charge < -0.3 is 19.9 Å². The number of fused-ring (bicyclic) bond motifs is 1. The highest BCUT2D eigenvalue weighted by atomic mass is 127. The van der Waals surface area contributed by atoms with Crippen molar-refractivity contribution in [1.82, 2.24) is 24.9 Å². The normalized spacial score (nSPS) is 19.5. The number of ether oxygens (including phenoxy) is 1. The van der Waals surface area contributed by atoms with Gasteiger partial charge in [0.1, 0.15) is 5.60 Å². The topological polar surface area (TPSA) is 75.0 Å². The van der Waals surface area contributed by atoms with E-state index < -0.39 is 5.60 Å². The minimum absolute atomic E-state index is 0. The molecule has 0 saturated carbocycles. The molecule has 0 bridgehead atoms. The van der Waals surface area contributed by atoms with Gasteiger partial charge in [0.05, 0.1) is 18.8 Å². The van der Waals surface area contributed by atoms with Crippen LogP contribution < -0.4 is 5.32 Å². The van der Waals surface area contributed by atoms with E-state index in [0.717, 1.165) is 25.5 Å². The van der Waals surface area contributed by atoms with Crippen molar-refractivity contribution in [2.45, 2.75) is 38.8 Å². The van der Waals surface area contributed by atoms with Crippen molar-refractivity contribution in [3.05, 3.63) is 18.0 Å². The van der Waals surface area contributed by atoms with E-state index in [4.69, 9.17) is 4.74 Å². The van der Waals surface area contributed by atoms with Crippen molar-refractivity contribution in [2.75, 3.05) is 32.7 Å². The van der Waals surface area contributed by atoms with Gasteiger partial charge in [-0.2, -0.15) is 5.10 Å². The number of aromatic nitrogens is 2. The van der Waals surface area contributed by atoms with Gasteiger partial charge in [0.15, 0.2) is 5.96 Å². The van der Waals surface area contributed by atoms with Gasteiger partial charge >= 0.3 is 6.09 Å². The van der Waals surface area contributed by atoms with Gasteiger partial charge in [-0.1, -0.05) is 0 Å². The second-order valence-electron chi connectivity index (χ2n) is 7.64. The molecule has 1 aromatic heterocycles. The summed E-state index contributed by atoms with van der Waals surface area (Å²) in [6, 6.07) is 0.238. The summed E-state index contributed by atoms with van der Waals surface area (Å²) in [7, 11) is 1.92. The summed E-state index contributed by atoms with van der Waals surface area (Å²) >= 11 is 0. The molecule has 3 heterocycles. The van der Waals surface area contributed by atoms with Crippen molar-refractivity contribution in [1.29, 1.82) is 0 Å². The molecule has 1 fully saturated rings. The predicted molar refractivity (Wildman–Crippen MR) is 111 cm³/mol. The van der Waals surface area contributed by atoms with E-state index in [2.05, 4.69) is 20.3 Å². The molecule has 3 rings (SSSR count). The molecular weight excluding hydrogens is 447 g/mol. The quantitative estimate of drug-likeness (QED) is 0.669. The number of aliphatic imine (C=N–C) groups is 1. The van der Waals surface area contributed by atoms with Crippen molar-refractivity contribution in [3.8, 4) is 0 Å². The number of carbonyl (C=O) groups is 1. The molecule has 26 heavy (non-hydrogen) atoms. The SMILES string of the molecule is Cn1cc(CCNC2=NCC3CN(C(=O)OC(C)(C)C)CCN23)cn1.I. The number of rotatable bonds is 3. The van der Waals surface area contributed by atoms with Gasteiger partial charge in [-0.3, -0.25) is 9.67 Å². The molecule has 9 heteroatoms. The van der Waals surface area contributed by atoms with Crippen LogP contribution in [0.15, 0.2) is 17.4 Å². The smallest absolute Gasteiger partial charge is 0.410 e. The van der Waals surface area contributed by atoms with Gasteiger partial charge in [-0.25, -0.2) is 4.79 Å². The summed E-state index contributed by atoms with van der Waals surface area (Å²) in [6.45, 7) is 9.32. The molecule has 0 aromatic carbocycles. The lowest BCUT2D eigenvalue weighted by molar-refractivity contribution is 0.0137. The van der Waals surface area contributed by atoms with Crippen LogP contribution in [-0.4, -0.2) is 76.0 Å². The zero-order valence-electron chi connectivity index (χ0n) is 15.9. The third-order valence-electron chi connectivity index (χ3n) is 4.31. The molecule has 1 N–H and O–H groups in total. The van der Waals surface area contributed by atoms with Crippen LogP contribution in [0, 0.1) is 0 Å². The molecule has 0 radical (unpaired) electrons. The summed E-state index contributed by atoms with van der Waals surface area (Å²) in [5.74, 6) is 0.942. The van der Waals surface area contributed by atoms with E-state index in [1.165, 1.54) is 5.56 Å². The van der Waals surface area contributed by atoms with Gasteiger partial charge in [-0.15, -0.1) is 24.0 Å². The van der Waals surface area contributed by atoms with E-state index in [-0.39, 0.29) is 36.1 Å². The van der Waals surface area contributed by atoms with E-state index in [1.807, 2.05) is 44.9 Å². The van der Waals surface area contributed by atoms with Crippen molar-refractivity contribution in [3.63, 3.8) is 0 Å². The minimum Gasteiger partial charge on any atom is -0.444 e. The summed E-state index contributed by atoms with van der Waals surface area (Å²) in [5.41, 5.74) is 0.749. The van der Waals surface area contributed by atoms with Crippen LogP contribution in [-0.2, 0) is 18.2 Å². The van der Waals surface area contributed by atoms with Gasteiger partial charge in [-0.05, 0) is 32.8 Å². The van der Waals surface area contributed by atoms with Gasteiger partial charge in [0.2, 0.25) is 0 Å². The number of guanidine groups is 1. The third kappa shape index (κ3) is 5.24. The first-order valence-corrected chi connectivity index (χ1v) is 8.82. The Morgan fingerprint density at radius 3 is 2.81 bits per heavy atom. The molecular formula is C17H29IN6O2. The van der Waals surface area contributed by atoms with E-state index in [0.29, 0.717) is 19.6 Å². The zero-order valence-corrected chi connectivity index (χ0v) is 18.3. The van der Waals surface area contributed by atoms with E-state index in [1.54, 1.807) is 4.90 Å². The van der Waals surface area contributed by atoms with Crippen LogP contribution in [0.25, 0.3) is 0 Å². The van der Waals surface area contributed by atoms with Crippen LogP contribution in [0.5, 0.6) is 0 Å². The number of nitrogens with zero attached hydrogens (tertiary/aromatic N) is 5. The number of hydrogen-bond acceptors (Lipinski definition) is 6.